The summed E-state index contributed by atoms with van der Waals surface area (Å²) in [4.78, 5) is 18.4. The molecule has 0 radical (unpaired) electrons. The van der Waals surface area contributed by atoms with E-state index in [4.69, 9.17) is 4.74 Å². The summed E-state index contributed by atoms with van der Waals surface area (Å²) in [5.41, 5.74) is 0.0879. The van der Waals surface area contributed by atoms with Crippen LogP contribution in [0, 0.1) is 6.92 Å². The van der Waals surface area contributed by atoms with Gasteiger partial charge in [0.05, 0.1) is 0 Å². The Morgan fingerprint density at radius 3 is 2.67 bits per heavy atom. The van der Waals surface area contributed by atoms with Crippen LogP contribution in [-0.2, 0) is 10.3 Å². The second-order valence-electron chi connectivity index (χ2n) is 3.75. The highest BCUT2D eigenvalue weighted by Crippen LogP contribution is 2.24. The van der Waals surface area contributed by atoms with Gasteiger partial charge in [0, 0.05) is 18.4 Å². The second-order valence-corrected chi connectivity index (χ2v) is 3.75. The summed E-state index contributed by atoms with van der Waals surface area (Å²) in [7, 11) is 0. The largest absolute Gasteiger partial charge is 0.368 e. The molecular weight excluding hydrogens is 192 g/mol. The summed E-state index contributed by atoms with van der Waals surface area (Å²) in [5, 5.41) is 0. The van der Waals surface area contributed by atoms with Gasteiger partial charge in [-0.1, -0.05) is 6.92 Å². The molecule has 0 spiro atoms. The van der Waals surface area contributed by atoms with Gasteiger partial charge in [0.15, 0.2) is 0 Å². The number of aromatic amines is 1. The Labute approximate surface area is 89.7 Å². The molecule has 0 fully saturated rings. The van der Waals surface area contributed by atoms with Gasteiger partial charge in [-0.15, -0.1) is 0 Å². The molecule has 0 saturated carbocycles. The van der Waals surface area contributed by atoms with E-state index in [1.165, 1.54) is 6.07 Å². The molecular formula is C11H18N2O2. The first-order valence-electron chi connectivity index (χ1n) is 5.24. The Balaban J connectivity index is 3.17. The van der Waals surface area contributed by atoms with Crippen molar-refractivity contribution in [2.75, 3.05) is 6.61 Å². The number of H-pyrrole nitrogens is 1. The van der Waals surface area contributed by atoms with Gasteiger partial charge < -0.3 is 9.72 Å². The molecule has 1 aromatic rings. The third-order valence-electron chi connectivity index (χ3n) is 2.51. The Morgan fingerprint density at radius 1 is 1.53 bits per heavy atom. The predicted octanol–water partition coefficient (Wildman–Crippen LogP) is 1.74. The van der Waals surface area contributed by atoms with Crippen LogP contribution in [0.2, 0.25) is 0 Å². The van der Waals surface area contributed by atoms with Crippen LogP contribution in [0.25, 0.3) is 0 Å². The number of aryl methyl sites for hydroxylation is 1. The Kier molecular flexibility index (Phi) is 3.63. The fourth-order valence-electron chi connectivity index (χ4n) is 1.49. The maximum Gasteiger partial charge on any atom is 0.251 e. The lowest BCUT2D eigenvalue weighted by Gasteiger charge is -2.26. The first kappa shape index (κ1) is 11.9. The van der Waals surface area contributed by atoms with E-state index in [1.54, 1.807) is 6.92 Å². The normalized spacial score (nSPS) is 14.9. The number of rotatable bonds is 4. The SMILES string of the molecule is CCOC(C)(CC)c1nc(C)cc(=O)[nH]1. The Hall–Kier alpha value is -1.16. The average molecular weight is 210 g/mol. The molecule has 0 aliphatic carbocycles. The van der Waals surface area contributed by atoms with Crippen LogP contribution in [-0.4, -0.2) is 16.6 Å². The van der Waals surface area contributed by atoms with Crippen LogP contribution in [0.4, 0.5) is 0 Å². The maximum absolute atomic E-state index is 11.3. The summed E-state index contributed by atoms with van der Waals surface area (Å²) in [6, 6.07) is 1.48. The highest BCUT2D eigenvalue weighted by molar-refractivity contribution is 5.06. The molecule has 1 N–H and O–H groups in total. The highest BCUT2D eigenvalue weighted by atomic mass is 16.5. The number of nitrogens with one attached hydrogen (secondary N) is 1. The van der Waals surface area contributed by atoms with Crippen molar-refractivity contribution in [3.63, 3.8) is 0 Å². The van der Waals surface area contributed by atoms with Crippen LogP contribution >= 0.6 is 0 Å². The minimum absolute atomic E-state index is 0.128. The third-order valence-corrected chi connectivity index (χ3v) is 2.51. The molecule has 0 aromatic carbocycles. The van der Waals surface area contributed by atoms with E-state index in [0.29, 0.717) is 18.1 Å². The predicted molar refractivity (Wildman–Crippen MR) is 58.9 cm³/mol. The van der Waals surface area contributed by atoms with Crippen LogP contribution in [0.3, 0.4) is 0 Å². The van der Waals surface area contributed by atoms with Gasteiger partial charge in [-0.3, -0.25) is 4.79 Å². The summed E-state index contributed by atoms with van der Waals surface area (Å²) in [5.74, 6) is 0.608. The van der Waals surface area contributed by atoms with Crippen molar-refractivity contribution >= 4 is 0 Å². The maximum atomic E-state index is 11.3. The monoisotopic (exact) mass is 210 g/mol. The zero-order chi connectivity index (χ0) is 11.5. The first-order chi connectivity index (χ1) is 7.01. The zero-order valence-electron chi connectivity index (χ0n) is 9.76. The number of aromatic nitrogens is 2. The molecule has 0 saturated heterocycles. The van der Waals surface area contributed by atoms with Crippen LogP contribution in [0.5, 0.6) is 0 Å². The van der Waals surface area contributed by atoms with Crippen molar-refractivity contribution in [2.45, 2.75) is 39.7 Å². The summed E-state index contributed by atoms with van der Waals surface area (Å²) in [6.45, 7) is 8.29. The lowest BCUT2D eigenvalue weighted by atomic mass is 10.0. The Morgan fingerprint density at radius 2 is 2.20 bits per heavy atom. The first-order valence-corrected chi connectivity index (χ1v) is 5.24. The summed E-state index contributed by atoms with van der Waals surface area (Å²) in [6.07, 6.45) is 0.771. The third kappa shape index (κ3) is 2.65. The van der Waals surface area contributed by atoms with Gasteiger partial charge in [0.25, 0.3) is 5.56 Å². The molecule has 0 bridgehead atoms. The van der Waals surface area contributed by atoms with Crippen molar-refractivity contribution in [1.82, 2.24) is 9.97 Å². The molecule has 84 valence electrons. The summed E-state index contributed by atoms with van der Waals surface area (Å²) >= 11 is 0. The summed E-state index contributed by atoms with van der Waals surface area (Å²) < 4.78 is 5.64. The van der Waals surface area contributed by atoms with E-state index in [-0.39, 0.29) is 5.56 Å². The molecule has 4 heteroatoms. The molecule has 0 aliphatic heterocycles. The highest BCUT2D eigenvalue weighted by Gasteiger charge is 2.27. The molecule has 1 atom stereocenters. The quantitative estimate of drug-likeness (QED) is 0.823. The lowest BCUT2D eigenvalue weighted by Crippen LogP contribution is -2.30. The average Bonchev–Trinajstić information content (AvgIpc) is 2.16. The van der Waals surface area contributed by atoms with Crippen molar-refractivity contribution in [1.29, 1.82) is 0 Å². The van der Waals surface area contributed by atoms with Crippen molar-refractivity contribution in [3.8, 4) is 0 Å². The van der Waals surface area contributed by atoms with Crippen molar-refractivity contribution < 1.29 is 4.74 Å². The number of hydrogen-bond acceptors (Lipinski definition) is 3. The molecule has 0 amide bonds. The number of hydrogen-bond donors (Lipinski definition) is 1. The van der Waals surface area contributed by atoms with Gasteiger partial charge in [0.2, 0.25) is 0 Å². The molecule has 4 nitrogen and oxygen atoms in total. The minimum atomic E-state index is -0.500. The number of nitrogens with zero attached hydrogens (tertiary/aromatic N) is 1. The molecule has 1 heterocycles. The lowest BCUT2D eigenvalue weighted by molar-refractivity contribution is -0.0393. The fourth-order valence-corrected chi connectivity index (χ4v) is 1.49. The van der Waals surface area contributed by atoms with Crippen LogP contribution in [0.1, 0.15) is 38.7 Å². The molecule has 1 aromatic heterocycles. The fraction of sp³-hybridized carbons (Fsp3) is 0.636. The second kappa shape index (κ2) is 4.57. The van der Waals surface area contributed by atoms with E-state index < -0.39 is 5.60 Å². The minimum Gasteiger partial charge on any atom is -0.368 e. The van der Waals surface area contributed by atoms with Gasteiger partial charge in [-0.25, -0.2) is 4.98 Å². The van der Waals surface area contributed by atoms with E-state index in [0.717, 1.165) is 6.42 Å². The Bertz CT molecular complexity index is 386. The standard InChI is InChI=1S/C11H18N2O2/c1-5-11(4,15-6-2)10-12-8(3)7-9(14)13-10/h7H,5-6H2,1-4H3,(H,12,13,14). The van der Waals surface area contributed by atoms with Gasteiger partial charge in [0.1, 0.15) is 11.4 Å². The van der Waals surface area contributed by atoms with Gasteiger partial charge in [-0.2, -0.15) is 0 Å². The van der Waals surface area contributed by atoms with Crippen LogP contribution < -0.4 is 5.56 Å². The number of ether oxygens (including phenoxy) is 1. The molecule has 15 heavy (non-hydrogen) atoms. The van der Waals surface area contributed by atoms with E-state index in [1.807, 2.05) is 20.8 Å². The van der Waals surface area contributed by atoms with Gasteiger partial charge >= 0.3 is 0 Å². The van der Waals surface area contributed by atoms with Crippen LogP contribution in [0.15, 0.2) is 10.9 Å². The topological polar surface area (TPSA) is 55.0 Å². The van der Waals surface area contributed by atoms with Gasteiger partial charge in [-0.05, 0) is 27.2 Å². The smallest absolute Gasteiger partial charge is 0.251 e. The molecule has 1 unspecified atom stereocenters. The molecule has 0 aliphatic rings. The van der Waals surface area contributed by atoms with E-state index in [9.17, 15) is 4.79 Å². The van der Waals surface area contributed by atoms with Crippen molar-refractivity contribution in [3.05, 3.63) is 27.9 Å². The van der Waals surface area contributed by atoms with E-state index >= 15 is 0 Å². The van der Waals surface area contributed by atoms with Crippen molar-refractivity contribution in [2.24, 2.45) is 0 Å². The van der Waals surface area contributed by atoms with E-state index in [2.05, 4.69) is 9.97 Å². The molecule has 1 rings (SSSR count). The zero-order valence-corrected chi connectivity index (χ0v) is 9.76.